The molecule has 0 unspecified atom stereocenters. The van der Waals surface area contributed by atoms with Crippen molar-refractivity contribution < 1.29 is 14.0 Å². The van der Waals surface area contributed by atoms with Gasteiger partial charge in [-0.25, -0.2) is 0 Å². The van der Waals surface area contributed by atoms with E-state index in [9.17, 15) is 9.59 Å². The molecule has 0 fully saturated rings. The molecule has 1 aromatic heterocycles. The highest BCUT2D eigenvalue weighted by Crippen LogP contribution is 2.24. The van der Waals surface area contributed by atoms with Crippen molar-refractivity contribution in [3.63, 3.8) is 0 Å². The van der Waals surface area contributed by atoms with E-state index in [1.807, 2.05) is 0 Å². The fourth-order valence-corrected chi connectivity index (χ4v) is 1.42. The number of carbonyl (C=O) groups excluding carboxylic acids is 2. The van der Waals surface area contributed by atoms with Crippen molar-refractivity contribution in [2.45, 2.75) is 18.2 Å². The molecule has 0 bridgehead atoms. The summed E-state index contributed by atoms with van der Waals surface area (Å²) in [5.41, 5.74) is 0. The second-order valence-corrected chi connectivity index (χ2v) is 3.29. The van der Waals surface area contributed by atoms with Gasteiger partial charge in [-0.1, -0.05) is 0 Å². The van der Waals surface area contributed by atoms with Crippen LogP contribution in [0.3, 0.4) is 0 Å². The second-order valence-electron chi connectivity index (χ2n) is 2.19. The normalized spacial score (nSPS) is 9.75. The third-order valence-electron chi connectivity index (χ3n) is 1.29. The number of aryl methyl sites for hydroxylation is 1. The lowest BCUT2D eigenvalue weighted by Crippen LogP contribution is -1.91. The fraction of sp³-hybridized carbons (Fsp3) is 0.250. The zero-order valence-corrected chi connectivity index (χ0v) is 7.39. The molecule has 0 aromatic carbocycles. The van der Waals surface area contributed by atoms with Gasteiger partial charge in [0.15, 0.2) is 0 Å². The summed E-state index contributed by atoms with van der Waals surface area (Å²) >= 11 is 1.04. The fourth-order valence-electron chi connectivity index (χ4n) is 0.712. The average Bonchev–Trinajstić information content (AvgIpc) is 2.37. The first-order valence-electron chi connectivity index (χ1n) is 3.42. The molecule has 0 atom stereocenters. The van der Waals surface area contributed by atoms with Crippen LogP contribution in [0.4, 0.5) is 0 Å². The third-order valence-corrected chi connectivity index (χ3v) is 2.32. The smallest absolute Gasteiger partial charge is 0.200 e. The topological polar surface area (TPSA) is 47.3 Å². The SMILES string of the molecule is Cc1occc1SC(=O)CC=O. The number of aldehydes is 1. The summed E-state index contributed by atoms with van der Waals surface area (Å²) in [7, 11) is 0. The number of rotatable bonds is 3. The molecule has 3 nitrogen and oxygen atoms in total. The monoisotopic (exact) mass is 184 g/mol. The predicted octanol–water partition coefficient (Wildman–Crippen LogP) is 1.80. The molecule has 0 saturated carbocycles. The lowest BCUT2D eigenvalue weighted by atomic mass is 10.5. The summed E-state index contributed by atoms with van der Waals surface area (Å²) in [5.74, 6) is 0.708. The minimum absolute atomic E-state index is 0.0463. The molecule has 0 saturated heterocycles. The van der Waals surface area contributed by atoms with Crippen LogP contribution in [-0.4, -0.2) is 11.4 Å². The zero-order chi connectivity index (χ0) is 8.97. The van der Waals surface area contributed by atoms with Gasteiger partial charge in [-0.15, -0.1) is 0 Å². The zero-order valence-electron chi connectivity index (χ0n) is 6.57. The first-order chi connectivity index (χ1) is 5.74. The predicted molar refractivity (Wildman–Crippen MR) is 45.0 cm³/mol. The van der Waals surface area contributed by atoms with Crippen LogP contribution >= 0.6 is 11.8 Å². The van der Waals surface area contributed by atoms with E-state index in [4.69, 9.17) is 4.42 Å². The molecule has 0 aliphatic carbocycles. The highest BCUT2D eigenvalue weighted by molar-refractivity contribution is 8.13. The van der Waals surface area contributed by atoms with Crippen molar-refractivity contribution in [1.29, 1.82) is 0 Å². The van der Waals surface area contributed by atoms with Crippen molar-refractivity contribution in [1.82, 2.24) is 0 Å². The molecule has 4 heteroatoms. The maximum absolute atomic E-state index is 11.0. The van der Waals surface area contributed by atoms with Crippen LogP contribution in [0, 0.1) is 6.92 Å². The molecule has 0 N–H and O–H groups in total. The van der Waals surface area contributed by atoms with Gasteiger partial charge in [0, 0.05) is 0 Å². The quantitative estimate of drug-likeness (QED) is 0.408. The highest BCUT2D eigenvalue weighted by Gasteiger charge is 2.07. The van der Waals surface area contributed by atoms with E-state index in [2.05, 4.69) is 0 Å². The maximum Gasteiger partial charge on any atom is 0.200 e. The lowest BCUT2D eigenvalue weighted by Gasteiger charge is -1.93. The number of hydrogen-bond donors (Lipinski definition) is 0. The Morgan fingerprint density at radius 2 is 2.50 bits per heavy atom. The van der Waals surface area contributed by atoms with Crippen LogP contribution in [-0.2, 0) is 9.59 Å². The van der Waals surface area contributed by atoms with Gasteiger partial charge in [0.05, 0.1) is 17.6 Å². The molecule has 0 spiro atoms. The number of furan rings is 1. The Bertz CT molecular complexity index is 290. The molecule has 1 aromatic rings. The van der Waals surface area contributed by atoms with E-state index in [-0.39, 0.29) is 11.5 Å². The van der Waals surface area contributed by atoms with Gasteiger partial charge in [-0.2, -0.15) is 0 Å². The Hall–Kier alpha value is -1.03. The molecule has 0 radical (unpaired) electrons. The molecule has 0 aliphatic rings. The van der Waals surface area contributed by atoms with Gasteiger partial charge < -0.3 is 9.21 Å². The summed E-state index contributed by atoms with van der Waals surface area (Å²) in [6, 6.07) is 1.71. The first-order valence-corrected chi connectivity index (χ1v) is 4.24. The Balaban J connectivity index is 2.57. The summed E-state index contributed by atoms with van der Waals surface area (Å²) in [6.45, 7) is 1.77. The average molecular weight is 184 g/mol. The minimum Gasteiger partial charge on any atom is -0.468 e. The van der Waals surface area contributed by atoms with Crippen LogP contribution < -0.4 is 0 Å². The lowest BCUT2D eigenvalue weighted by molar-refractivity contribution is -0.116. The summed E-state index contributed by atoms with van der Waals surface area (Å²) in [6.07, 6.45) is 2.08. The number of carbonyl (C=O) groups is 2. The van der Waals surface area contributed by atoms with Gasteiger partial charge in [-0.3, -0.25) is 4.79 Å². The largest absolute Gasteiger partial charge is 0.468 e. The standard InChI is InChI=1S/C8H8O3S/c1-6-7(3-5-11-6)12-8(10)2-4-9/h3-5H,2H2,1H3. The van der Waals surface area contributed by atoms with Crippen molar-refractivity contribution in [2.24, 2.45) is 0 Å². The van der Waals surface area contributed by atoms with Gasteiger partial charge in [0.2, 0.25) is 5.12 Å². The van der Waals surface area contributed by atoms with Crippen LogP contribution in [0.15, 0.2) is 21.6 Å². The Morgan fingerprint density at radius 1 is 1.75 bits per heavy atom. The van der Waals surface area contributed by atoms with E-state index in [0.29, 0.717) is 12.0 Å². The Morgan fingerprint density at radius 3 is 3.00 bits per heavy atom. The van der Waals surface area contributed by atoms with Crippen LogP contribution in [0.1, 0.15) is 12.2 Å². The summed E-state index contributed by atoms with van der Waals surface area (Å²) < 4.78 is 4.98. The Kier molecular flexibility index (Phi) is 3.10. The van der Waals surface area contributed by atoms with Crippen molar-refractivity contribution in [3.05, 3.63) is 18.1 Å². The molecule has 1 heterocycles. The number of thioether (sulfide) groups is 1. The molecule has 0 aliphatic heterocycles. The third kappa shape index (κ3) is 2.23. The molecular formula is C8H8O3S. The molecule has 0 amide bonds. The van der Waals surface area contributed by atoms with Crippen LogP contribution in [0.25, 0.3) is 0 Å². The van der Waals surface area contributed by atoms with Gasteiger partial charge >= 0.3 is 0 Å². The van der Waals surface area contributed by atoms with Crippen LogP contribution in [0.2, 0.25) is 0 Å². The van der Waals surface area contributed by atoms with Gasteiger partial charge in [0.25, 0.3) is 0 Å². The number of hydrogen-bond acceptors (Lipinski definition) is 4. The van der Waals surface area contributed by atoms with E-state index in [0.717, 1.165) is 16.7 Å². The van der Waals surface area contributed by atoms with Gasteiger partial charge in [0.1, 0.15) is 12.0 Å². The van der Waals surface area contributed by atoms with E-state index in [1.54, 1.807) is 13.0 Å². The van der Waals surface area contributed by atoms with Crippen LogP contribution in [0.5, 0.6) is 0 Å². The van der Waals surface area contributed by atoms with Crippen molar-refractivity contribution in [2.75, 3.05) is 0 Å². The molecule has 12 heavy (non-hydrogen) atoms. The van der Waals surface area contributed by atoms with E-state index >= 15 is 0 Å². The summed E-state index contributed by atoms with van der Waals surface area (Å²) in [4.78, 5) is 21.7. The molecule has 1 rings (SSSR count). The first kappa shape index (κ1) is 9.06. The maximum atomic E-state index is 11.0. The van der Waals surface area contributed by atoms with Crippen molar-refractivity contribution in [3.8, 4) is 0 Å². The Labute approximate surface area is 74.1 Å². The minimum atomic E-state index is -0.158. The highest BCUT2D eigenvalue weighted by atomic mass is 32.2. The molecule has 64 valence electrons. The van der Waals surface area contributed by atoms with Gasteiger partial charge in [-0.05, 0) is 24.8 Å². The second kappa shape index (κ2) is 4.11. The molecular weight excluding hydrogens is 176 g/mol. The van der Waals surface area contributed by atoms with E-state index < -0.39 is 0 Å². The van der Waals surface area contributed by atoms with Crippen molar-refractivity contribution >= 4 is 23.2 Å². The summed E-state index contributed by atoms with van der Waals surface area (Å²) in [5, 5.41) is -0.158. The van der Waals surface area contributed by atoms with E-state index in [1.165, 1.54) is 6.26 Å².